The van der Waals surface area contributed by atoms with Crippen LogP contribution < -0.4 is 4.90 Å². The van der Waals surface area contributed by atoms with Crippen LogP contribution in [0.2, 0.25) is 0 Å². The first kappa shape index (κ1) is 20.4. The molecule has 2 heterocycles. The van der Waals surface area contributed by atoms with Crippen LogP contribution in [0.1, 0.15) is 24.8 Å². The number of para-hydroxylation sites is 1. The highest BCUT2D eigenvalue weighted by molar-refractivity contribution is 7.99. The van der Waals surface area contributed by atoms with Crippen molar-refractivity contribution in [2.75, 3.05) is 31.1 Å². The zero-order chi connectivity index (χ0) is 18.1. The number of hydrogen-bond acceptors (Lipinski definition) is 3. The molecule has 0 unspecified atom stereocenters. The molecule has 27 heavy (non-hydrogen) atoms. The first-order valence-electron chi connectivity index (χ1n) is 9.00. The largest absolute Gasteiger partial charge is 0.416 e. The van der Waals surface area contributed by atoms with E-state index in [0.717, 1.165) is 48.1 Å². The lowest BCUT2D eigenvalue weighted by Crippen LogP contribution is -2.27. The number of likely N-dealkylation sites (tertiary alicyclic amines) is 1. The maximum absolute atomic E-state index is 13.2. The maximum atomic E-state index is 13.2. The smallest absolute Gasteiger partial charge is 0.340 e. The molecular weight excluding hydrogens is 393 g/mol. The molecule has 2 aliphatic rings. The van der Waals surface area contributed by atoms with E-state index in [0.29, 0.717) is 5.69 Å². The van der Waals surface area contributed by atoms with Gasteiger partial charge in [0.1, 0.15) is 0 Å². The van der Waals surface area contributed by atoms with Crippen LogP contribution in [0.5, 0.6) is 0 Å². The fraction of sp³-hybridized carbons (Fsp3) is 0.400. The predicted octanol–water partition coefficient (Wildman–Crippen LogP) is 6.22. The van der Waals surface area contributed by atoms with E-state index in [1.807, 2.05) is 24.3 Å². The van der Waals surface area contributed by atoms with Gasteiger partial charge in [0.05, 0.1) is 16.9 Å². The van der Waals surface area contributed by atoms with Crippen molar-refractivity contribution in [1.29, 1.82) is 0 Å². The fourth-order valence-electron chi connectivity index (χ4n) is 3.71. The molecule has 0 spiro atoms. The van der Waals surface area contributed by atoms with E-state index in [2.05, 4.69) is 9.80 Å². The summed E-state index contributed by atoms with van der Waals surface area (Å²) < 4.78 is 39.6. The summed E-state index contributed by atoms with van der Waals surface area (Å²) in [7, 11) is 0. The number of halogens is 4. The molecule has 0 N–H and O–H groups in total. The van der Waals surface area contributed by atoms with Gasteiger partial charge < -0.3 is 9.80 Å². The second-order valence-corrected chi connectivity index (χ2v) is 7.89. The zero-order valence-electron chi connectivity index (χ0n) is 14.8. The summed E-state index contributed by atoms with van der Waals surface area (Å²) in [5.41, 5.74) is 1.09. The summed E-state index contributed by atoms with van der Waals surface area (Å²) in [5, 5.41) is 0. The summed E-state index contributed by atoms with van der Waals surface area (Å²) in [5.74, 6) is 0. The first-order chi connectivity index (χ1) is 12.5. The van der Waals surface area contributed by atoms with Crippen LogP contribution in [0, 0.1) is 0 Å². The van der Waals surface area contributed by atoms with Crippen LogP contribution in [-0.4, -0.2) is 31.1 Å². The Balaban J connectivity index is 0.00000210. The van der Waals surface area contributed by atoms with Gasteiger partial charge in [0.25, 0.3) is 0 Å². The summed E-state index contributed by atoms with van der Waals surface area (Å²) >= 11 is 1.54. The van der Waals surface area contributed by atoms with Crippen molar-refractivity contribution >= 4 is 35.5 Å². The Bertz CT molecular complexity index is 791. The van der Waals surface area contributed by atoms with Crippen LogP contribution >= 0.6 is 24.2 Å². The normalized spacial score (nSPS) is 16.6. The monoisotopic (exact) mass is 414 g/mol. The van der Waals surface area contributed by atoms with E-state index in [-0.39, 0.29) is 12.4 Å². The Morgan fingerprint density at radius 2 is 1.59 bits per heavy atom. The molecule has 2 nitrogen and oxygen atoms in total. The molecule has 0 atom stereocenters. The minimum Gasteiger partial charge on any atom is -0.340 e. The van der Waals surface area contributed by atoms with Crippen LogP contribution in [0.3, 0.4) is 0 Å². The van der Waals surface area contributed by atoms with Gasteiger partial charge in [-0.15, -0.1) is 12.4 Å². The highest BCUT2D eigenvalue weighted by Gasteiger charge is 2.33. The molecule has 2 aromatic carbocycles. The number of rotatable bonds is 4. The van der Waals surface area contributed by atoms with Crippen molar-refractivity contribution < 1.29 is 13.2 Å². The van der Waals surface area contributed by atoms with E-state index in [1.165, 1.54) is 25.0 Å². The van der Waals surface area contributed by atoms with Crippen LogP contribution in [0.15, 0.2) is 52.3 Å². The summed E-state index contributed by atoms with van der Waals surface area (Å²) in [6.45, 7) is 4.00. The lowest BCUT2D eigenvalue weighted by Gasteiger charge is -2.33. The summed E-state index contributed by atoms with van der Waals surface area (Å²) in [6, 6.07) is 12.0. The van der Waals surface area contributed by atoms with E-state index in [4.69, 9.17) is 0 Å². The number of benzene rings is 2. The van der Waals surface area contributed by atoms with Crippen LogP contribution in [-0.2, 0) is 6.18 Å². The minimum absolute atomic E-state index is 0. The Morgan fingerprint density at radius 1 is 0.889 bits per heavy atom. The first-order valence-corrected chi connectivity index (χ1v) is 9.82. The van der Waals surface area contributed by atoms with Crippen LogP contribution in [0.4, 0.5) is 24.5 Å². The molecule has 146 valence electrons. The molecule has 7 heteroatoms. The molecule has 1 fully saturated rings. The molecule has 0 bridgehead atoms. The van der Waals surface area contributed by atoms with Gasteiger partial charge in [0.2, 0.25) is 0 Å². The quantitative estimate of drug-likeness (QED) is 0.586. The average Bonchev–Trinajstić information content (AvgIpc) is 3.13. The molecule has 2 aliphatic heterocycles. The molecular formula is C20H22ClF3N2S. The third-order valence-electron chi connectivity index (χ3n) is 5.01. The Morgan fingerprint density at radius 3 is 2.33 bits per heavy atom. The molecule has 0 saturated carbocycles. The lowest BCUT2D eigenvalue weighted by molar-refractivity contribution is -0.137. The lowest BCUT2D eigenvalue weighted by atomic mass is 10.1. The van der Waals surface area contributed by atoms with Crippen molar-refractivity contribution in [3.05, 3.63) is 48.0 Å². The highest BCUT2D eigenvalue weighted by atomic mass is 35.5. The van der Waals surface area contributed by atoms with Crippen molar-refractivity contribution in [2.45, 2.75) is 35.2 Å². The Hall–Kier alpha value is -1.37. The maximum Gasteiger partial charge on any atom is 0.416 e. The second kappa shape index (κ2) is 8.33. The van der Waals surface area contributed by atoms with Crippen molar-refractivity contribution in [1.82, 2.24) is 4.90 Å². The van der Waals surface area contributed by atoms with E-state index in [9.17, 15) is 13.2 Å². The SMILES string of the molecule is Cl.FC(F)(F)c1ccc2c(c1)N(CCCN1CCCC1)c1ccccc1S2. The van der Waals surface area contributed by atoms with Gasteiger partial charge in [-0.3, -0.25) is 0 Å². The molecule has 0 aromatic heterocycles. The molecule has 0 aliphatic carbocycles. The highest BCUT2D eigenvalue weighted by Crippen LogP contribution is 2.49. The zero-order valence-corrected chi connectivity index (χ0v) is 16.5. The topological polar surface area (TPSA) is 6.48 Å². The van der Waals surface area contributed by atoms with E-state index in [1.54, 1.807) is 17.8 Å². The molecule has 1 saturated heterocycles. The number of nitrogens with zero attached hydrogens (tertiary/aromatic N) is 2. The Kier molecular flexibility index (Phi) is 6.28. The molecule has 2 aromatic rings. The summed E-state index contributed by atoms with van der Waals surface area (Å²) in [6.07, 6.45) is -0.880. The van der Waals surface area contributed by atoms with Crippen molar-refractivity contribution in [3.63, 3.8) is 0 Å². The molecule has 0 radical (unpaired) electrons. The number of anilines is 2. The standard InChI is InChI=1S/C20H21F3N2S.ClH/c21-20(22,23)15-8-9-19-17(14-15)25(13-5-12-24-10-3-4-11-24)16-6-1-2-7-18(16)26-19;/h1-2,6-9,14H,3-5,10-13H2;1H. The number of alkyl halides is 3. The fourth-order valence-corrected chi connectivity index (χ4v) is 4.78. The minimum atomic E-state index is -4.32. The summed E-state index contributed by atoms with van der Waals surface area (Å²) in [4.78, 5) is 6.49. The van der Waals surface area contributed by atoms with Gasteiger partial charge >= 0.3 is 6.18 Å². The predicted molar refractivity (Wildman–Crippen MR) is 107 cm³/mol. The number of hydrogen-bond donors (Lipinski definition) is 0. The Labute approximate surface area is 168 Å². The third-order valence-corrected chi connectivity index (χ3v) is 6.14. The molecule has 4 rings (SSSR count). The van der Waals surface area contributed by atoms with Gasteiger partial charge in [-0.1, -0.05) is 23.9 Å². The van der Waals surface area contributed by atoms with Gasteiger partial charge in [0, 0.05) is 16.3 Å². The number of fused-ring (bicyclic) bond motifs is 2. The van der Waals surface area contributed by atoms with Gasteiger partial charge in [-0.2, -0.15) is 13.2 Å². The van der Waals surface area contributed by atoms with Crippen molar-refractivity contribution in [2.24, 2.45) is 0 Å². The van der Waals surface area contributed by atoms with Crippen molar-refractivity contribution in [3.8, 4) is 0 Å². The van der Waals surface area contributed by atoms with E-state index < -0.39 is 11.7 Å². The second-order valence-electron chi connectivity index (χ2n) is 6.80. The van der Waals surface area contributed by atoms with Gasteiger partial charge in [-0.25, -0.2) is 0 Å². The molecule has 0 amide bonds. The van der Waals surface area contributed by atoms with Gasteiger partial charge in [-0.05, 0) is 69.2 Å². The van der Waals surface area contributed by atoms with Crippen LogP contribution in [0.25, 0.3) is 0 Å². The third kappa shape index (κ3) is 4.39. The van der Waals surface area contributed by atoms with E-state index >= 15 is 0 Å². The average molecular weight is 415 g/mol. The van der Waals surface area contributed by atoms with Gasteiger partial charge in [0.15, 0.2) is 0 Å².